The number of hydrogen-bond donors (Lipinski definition) is 3. The van der Waals surface area contributed by atoms with E-state index in [0.29, 0.717) is 13.1 Å². The van der Waals surface area contributed by atoms with Crippen molar-refractivity contribution in [2.75, 3.05) is 26.2 Å². The first-order chi connectivity index (χ1) is 9.11. The highest BCUT2D eigenvalue weighted by molar-refractivity contribution is 5.74. The Morgan fingerprint density at radius 3 is 2.95 bits per heavy atom. The molecule has 0 aliphatic carbocycles. The third kappa shape index (κ3) is 3.26. The lowest BCUT2D eigenvalue weighted by atomic mass is 10.1. The minimum Gasteiger partial charge on any atom is -0.396 e. The molecule has 1 aromatic rings. The van der Waals surface area contributed by atoms with Crippen molar-refractivity contribution in [3.05, 3.63) is 17.0 Å². The predicted molar refractivity (Wildman–Crippen MR) is 71.9 cm³/mol. The highest BCUT2D eigenvalue weighted by Gasteiger charge is 2.25. The van der Waals surface area contributed by atoms with Crippen molar-refractivity contribution in [1.82, 2.24) is 20.4 Å². The standard InChI is InChI=1S/C13H22N4O2/c1-9-12(10(2)16-15-9)3-5-14-13(19)17-6-4-11(7-17)8-18/h11,18H,3-8H2,1-2H3,(H,14,19)(H,15,16)/t11-/m1/s1. The van der Waals surface area contributed by atoms with Crippen molar-refractivity contribution in [1.29, 1.82) is 0 Å². The second-order valence-corrected chi connectivity index (χ2v) is 5.18. The van der Waals surface area contributed by atoms with Crippen molar-refractivity contribution in [3.8, 4) is 0 Å². The number of aromatic nitrogens is 2. The van der Waals surface area contributed by atoms with Crippen molar-refractivity contribution >= 4 is 6.03 Å². The molecule has 19 heavy (non-hydrogen) atoms. The molecule has 0 spiro atoms. The van der Waals surface area contributed by atoms with Gasteiger partial charge in [0.1, 0.15) is 0 Å². The van der Waals surface area contributed by atoms with Crippen LogP contribution in [0, 0.1) is 19.8 Å². The van der Waals surface area contributed by atoms with E-state index in [1.165, 1.54) is 5.56 Å². The number of aliphatic hydroxyl groups is 1. The zero-order valence-electron chi connectivity index (χ0n) is 11.6. The van der Waals surface area contributed by atoms with Gasteiger partial charge in [0.05, 0.1) is 5.69 Å². The van der Waals surface area contributed by atoms with E-state index in [1.54, 1.807) is 4.90 Å². The number of nitrogens with zero attached hydrogens (tertiary/aromatic N) is 2. The summed E-state index contributed by atoms with van der Waals surface area (Å²) in [6, 6.07) is -0.0326. The molecular weight excluding hydrogens is 244 g/mol. The van der Waals surface area contributed by atoms with Crippen LogP contribution < -0.4 is 5.32 Å². The Balaban J connectivity index is 1.76. The summed E-state index contributed by atoms with van der Waals surface area (Å²) >= 11 is 0. The van der Waals surface area contributed by atoms with Gasteiger partial charge in [-0.1, -0.05) is 0 Å². The molecule has 0 unspecified atom stereocenters. The van der Waals surface area contributed by atoms with Crippen LogP contribution in [0.5, 0.6) is 0 Å². The molecule has 0 bridgehead atoms. The van der Waals surface area contributed by atoms with Crippen LogP contribution in [0.15, 0.2) is 0 Å². The molecule has 0 aromatic carbocycles. The van der Waals surface area contributed by atoms with Crippen LogP contribution >= 0.6 is 0 Å². The Bertz CT molecular complexity index is 424. The number of carbonyl (C=O) groups is 1. The number of aryl methyl sites for hydroxylation is 2. The van der Waals surface area contributed by atoms with Gasteiger partial charge in [0.25, 0.3) is 0 Å². The molecule has 0 radical (unpaired) electrons. The van der Waals surface area contributed by atoms with Gasteiger partial charge in [-0.2, -0.15) is 5.10 Å². The van der Waals surface area contributed by atoms with Gasteiger partial charge < -0.3 is 15.3 Å². The minimum atomic E-state index is -0.0326. The van der Waals surface area contributed by atoms with E-state index < -0.39 is 0 Å². The number of H-pyrrole nitrogens is 1. The van der Waals surface area contributed by atoms with Crippen LogP contribution in [-0.2, 0) is 6.42 Å². The molecular formula is C13H22N4O2. The fraction of sp³-hybridized carbons (Fsp3) is 0.692. The molecule has 2 heterocycles. The number of aliphatic hydroxyl groups excluding tert-OH is 1. The zero-order valence-corrected chi connectivity index (χ0v) is 11.6. The van der Waals surface area contributed by atoms with Crippen molar-refractivity contribution in [3.63, 3.8) is 0 Å². The Labute approximate surface area is 113 Å². The molecule has 3 N–H and O–H groups in total. The van der Waals surface area contributed by atoms with Crippen molar-refractivity contribution in [2.24, 2.45) is 5.92 Å². The molecule has 0 saturated carbocycles. The van der Waals surface area contributed by atoms with E-state index in [1.807, 2.05) is 13.8 Å². The Kier molecular flexibility index (Phi) is 4.42. The quantitative estimate of drug-likeness (QED) is 0.746. The summed E-state index contributed by atoms with van der Waals surface area (Å²) in [5.41, 5.74) is 3.23. The van der Waals surface area contributed by atoms with Gasteiger partial charge in [-0.15, -0.1) is 0 Å². The number of amides is 2. The second kappa shape index (κ2) is 6.06. The number of hydrogen-bond acceptors (Lipinski definition) is 3. The van der Waals surface area contributed by atoms with E-state index in [4.69, 9.17) is 5.11 Å². The molecule has 1 aliphatic rings. The SMILES string of the molecule is Cc1n[nH]c(C)c1CCNC(=O)N1CC[C@@H](CO)C1. The van der Waals surface area contributed by atoms with Gasteiger partial charge in [0.15, 0.2) is 0 Å². The van der Waals surface area contributed by atoms with Crippen molar-refractivity contribution < 1.29 is 9.90 Å². The predicted octanol–water partition coefficient (Wildman–Crippen LogP) is 0.593. The van der Waals surface area contributed by atoms with Gasteiger partial charge >= 0.3 is 6.03 Å². The minimum absolute atomic E-state index is 0.0326. The first kappa shape index (κ1) is 13.9. The third-order valence-electron chi connectivity index (χ3n) is 3.76. The molecule has 1 saturated heterocycles. The molecule has 6 heteroatoms. The molecule has 6 nitrogen and oxygen atoms in total. The molecule has 1 aliphatic heterocycles. The summed E-state index contributed by atoms with van der Waals surface area (Å²) in [7, 11) is 0. The van der Waals surface area contributed by atoms with E-state index in [9.17, 15) is 4.79 Å². The summed E-state index contributed by atoms with van der Waals surface area (Å²) < 4.78 is 0. The largest absolute Gasteiger partial charge is 0.396 e. The summed E-state index contributed by atoms with van der Waals surface area (Å²) in [5.74, 6) is 0.240. The zero-order chi connectivity index (χ0) is 13.8. The topological polar surface area (TPSA) is 81.2 Å². The van der Waals surface area contributed by atoms with E-state index in [2.05, 4.69) is 15.5 Å². The highest BCUT2D eigenvalue weighted by atomic mass is 16.3. The van der Waals surface area contributed by atoms with E-state index in [0.717, 1.165) is 30.8 Å². The fourth-order valence-electron chi connectivity index (χ4n) is 2.51. The first-order valence-corrected chi connectivity index (χ1v) is 6.76. The van der Waals surface area contributed by atoms with Gasteiger partial charge in [0.2, 0.25) is 0 Å². The van der Waals surface area contributed by atoms with Crippen LogP contribution in [0.25, 0.3) is 0 Å². The lowest BCUT2D eigenvalue weighted by molar-refractivity contribution is 0.198. The maximum atomic E-state index is 11.9. The van der Waals surface area contributed by atoms with Crippen LogP contribution in [-0.4, -0.2) is 52.5 Å². The van der Waals surface area contributed by atoms with Gasteiger partial charge in [0, 0.05) is 37.9 Å². The van der Waals surface area contributed by atoms with Crippen LogP contribution in [0.1, 0.15) is 23.4 Å². The van der Waals surface area contributed by atoms with Gasteiger partial charge in [-0.05, 0) is 32.3 Å². The summed E-state index contributed by atoms with van der Waals surface area (Å²) in [4.78, 5) is 13.7. The van der Waals surface area contributed by atoms with Crippen LogP contribution in [0.3, 0.4) is 0 Å². The van der Waals surface area contributed by atoms with Crippen LogP contribution in [0.4, 0.5) is 4.79 Å². The number of likely N-dealkylation sites (tertiary alicyclic amines) is 1. The van der Waals surface area contributed by atoms with E-state index in [-0.39, 0.29) is 18.6 Å². The average molecular weight is 266 g/mol. The summed E-state index contributed by atoms with van der Waals surface area (Å²) in [6.45, 7) is 6.13. The van der Waals surface area contributed by atoms with Crippen molar-refractivity contribution in [2.45, 2.75) is 26.7 Å². The highest BCUT2D eigenvalue weighted by Crippen LogP contribution is 2.15. The normalized spacial score (nSPS) is 18.9. The van der Waals surface area contributed by atoms with Crippen LogP contribution in [0.2, 0.25) is 0 Å². The molecule has 106 valence electrons. The molecule has 2 rings (SSSR count). The summed E-state index contributed by atoms with van der Waals surface area (Å²) in [5, 5.41) is 19.1. The fourth-order valence-corrected chi connectivity index (χ4v) is 2.51. The Hall–Kier alpha value is -1.56. The number of urea groups is 1. The van der Waals surface area contributed by atoms with E-state index >= 15 is 0 Å². The average Bonchev–Trinajstić information content (AvgIpc) is 2.99. The lowest BCUT2D eigenvalue weighted by Gasteiger charge is -2.17. The Morgan fingerprint density at radius 1 is 1.58 bits per heavy atom. The molecule has 2 amide bonds. The monoisotopic (exact) mass is 266 g/mol. The summed E-state index contributed by atoms with van der Waals surface area (Å²) in [6.07, 6.45) is 1.68. The number of rotatable bonds is 4. The molecule has 1 fully saturated rings. The smallest absolute Gasteiger partial charge is 0.317 e. The number of carbonyl (C=O) groups excluding carboxylic acids is 1. The molecule has 1 atom stereocenters. The number of nitrogens with one attached hydrogen (secondary N) is 2. The van der Waals surface area contributed by atoms with Gasteiger partial charge in [-0.25, -0.2) is 4.79 Å². The Morgan fingerprint density at radius 2 is 2.37 bits per heavy atom. The maximum Gasteiger partial charge on any atom is 0.317 e. The third-order valence-corrected chi connectivity index (χ3v) is 3.76. The second-order valence-electron chi connectivity index (χ2n) is 5.18. The first-order valence-electron chi connectivity index (χ1n) is 6.76. The number of aromatic amines is 1. The maximum absolute atomic E-state index is 11.9. The lowest BCUT2D eigenvalue weighted by Crippen LogP contribution is -2.39. The molecule has 1 aromatic heterocycles. The van der Waals surface area contributed by atoms with Gasteiger partial charge in [-0.3, -0.25) is 5.10 Å².